The molecule has 1 heterocycles. The summed E-state index contributed by atoms with van der Waals surface area (Å²) in [6, 6.07) is 31.5. The number of cyclic esters (lactones) is 1. The van der Waals surface area contributed by atoms with E-state index in [0.717, 1.165) is 11.1 Å². The number of hydrogen-bond acceptors (Lipinski definition) is 4. The van der Waals surface area contributed by atoms with Gasteiger partial charge in [-0.25, -0.2) is 4.79 Å². The van der Waals surface area contributed by atoms with Crippen molar-refractivity contribution in [2.24, 2.45) is 0 Å². The lowest BCUT2D eigenvalue weighted by Gasteiger charge is -2.26. The van der Waals surface area contributed by atoms with Gasteiger partial charge in [0.25, 0.3) is 5.91 Å². The highest BCUT2D eigenvalue weighted by Crippen LogP contribution is 2.35. The van der Waals surface area contributed by atoms with E-state index < -0.39 is 18.2 Å². The Morgan fingerprint density at radius 1 is 0.900 bits per heavy atom. The molecule has 1 saturated heterocycles. The maximum absolute atomic E-state index is 13.8. The molecule has 3 amide bonds. The molecule has 0 spiro atoms. The van der Waals surface area contributed by atoms with Crippen molar-refractivity contribution < 1.29 is 19.1 Å². The number of benzene rings is 4. The SMILES string of the molecule is CC(NC(=O)C1C(c2cccc(NC(=O)c3cccc(Cl)c3)c2)OC(=O)N1Cc1ccccc1)c1ccccc1. The van der Waals surface area contributed by atoms with Crippen LogP contribution in [0.15, 0.2) is 109 Å². The Balaban J connectivity index is 1.42. The summed E-state index contributed by atoms with van der Waals surface area (Å²) >= 11 is 6.04. The van der Waals surface area contributed by atoms with Crippen LogP contribution < -0.4 is 10.6 Å². The van der Waals surface area contributed by atoms with Crippen molar-refractivity contribution in [3.8, 4) is 0 Å². The first kappa shape index (κ1) is 27.0. The summed E-state index contributed by atoms with van der Waals surface area (Å²) in [6.45, 7) is 2.10. The minimum absolute atomic E-state index is 0.208. The normalized spacial score (nSPS) is 17.1. The second-order valence-electron chi connectivity index (χ2n) is 9.59. The van der Waals surface area contributed by atoms with E-state index in [1.54, 1.807) is 48.5 Å². The minimum atomic E-state index is -0.933. The highest BCUT2D eigenvalue weighted by Gasteiger charge is 2.47. The van der Waals surface area contributed by atoms with Crippen molar-refractivity contribution in [3.63, 3.8) is 0 Å². The fourth-order valence-corrected chi connectivity index (χ4v) is 4.93. The molecule has 0 radical (unpaired) electrons. The highest BCUT2D eigenvalue weighted by molar-refractivity contribution is 6.31. The molecule has 4 aromatic rings. The van der Waals surface area contributed by atoms with E-state index in [-0.39, 0.29) is 24.4 Å². The van der Waals surface area contributed by atoms with Crippen LogP contribution in [0.2, 0.25) is 5.02 Å². The van der Waals surface area contributed by atoms with Crippen LogP contribution in [0.3, 0.4) is 0 Å². The molecule has 0 aromatic heterocycles. The van der Waals surface area contributed by atoms with Gasteiger partial charge in [0.15, 0.2) is 12.1 Å². The van der Waals surface area contributed by atoms with E-state index in [1.807, 2.05) is 67.6 Å². The fourth-order valence-electron chi connectivity index (χ4n) is 4.74. The summed E-state index contributed by atoms with van der Waals surface area (Å²) in [4.78, 5) is 41.2. The van der Waals surface area contributed by atoms with Crippen molar-refractivity contribution in [1.82, 2.24) is 10.2 Å². The van der Waals surface area contributed by atoms with Crippen molar-refractivity contribution in [1.29, 1.82) is 0 Å². The molecule has 0 bridgehead atoms. The second kappa shape index (κ2) is 12.1. The van der Waals surface area contributed by atoms with E-state index in [9.17, 15) is 14.4 Å². The van der Waals surface area contributed by atoms with Gasteiger partial charge in [0.2, 0.25) is 5.91 Å². The standard InChI is InChI=1S/C32H28ClN3O4/c1-21(23-12-6-3-7-13-23)34-31(38)28-29(40-32(39)36(28)20-22-10-4-2-5-11-22)24-14-9-17-27(19-24)35-30(37)25-15-8-16-26(33)18-25/h2-19,21,28-29H,20H2,1H3,(H,34,38)(H,35,37). The number of nitrogens with zero attached hydrogens (tertiary/aromatic N) is 1. The van der Waals surface area contributed by atoms with Crippen LogP contribution in [0.5, 0.6) is 0 Å². The van der Waals surface area contributed by atoms with Crippen molar-refractivity contribution >= 4 is 35.2 Å². The number of anilines is 1. The molecule has 1 aliphatic rings. The van der Waals surface area contributed by atoms with Gasteiger partial charge in [0, 0.05) is 16.3 Å². The van der Waals surface area contributed by atoms with Crippen LogP contribution in [0.1, 0.15) is 46.1 Å². The van der Waals surface area contributed by atoms with E-state index in [4.69, 9.17) is 16.3 Å². The molecule has 3 atom stereocenters. The van der Waals surface area contributed by atoms with Gasteiger partial charge in [-0.2, -0.15) is 0 Å². The predicted molar refractivity (Wildman–Crippen MR) is 154 cm³/mol. The molecule has 1 fully saturated rings. The number of ether oxygens (including phenoxy) is 1. The number of amides is 3. The summed E-state index contributed by atoms with van der Waals surface area (Å²) in [6.07, 6.45) is -1.48. The van der Waals surface area contributed by atoms with Crippen molar-refractivity contribution in [3.05, 3.63) is 136 Å². The van der Waals surface area contributed by atoms with Crippen LogP contribution >= 0.6 is 11.6 Å². The zero-order chi connectivity index (χ0) is 28.1. The van der Waals surface area contributed by atoms with Gasteiger partial charge >= 0.3 is 6.09 Å². The molecule has 1 aliphatic heterocycles. The first-order valence-corrected chi connectivity index (χ1v) is 13.3. The first-order valence-electron chi connectivity index (χ1n) is 12.9. The average Bonchev–Trinajstić information content (AvgIpc) is 3.30. The lowest BCUT2D eigenvalue weighted by molar-refractivity contribution is -0.127. The third-order valence-electron chi connectivity index (χ3n) is 6.77. The Morgan fingerprint density at radius 3 is 2.33 bits per heavy atom. The quantitative estimate of drug-likeness (QED) is 0.259. The number of carbonyl (C=O) groups is 3. The molecule has 5 rings (SSSR count). The first-order chi connectivity index (χ1) is 19.4. The number of nitrogens with one attached hydrogen (secondary N) is 2. The molecule has 4 aromatic carbocycles. The summed E-state index contributed by atoms with van der Waals surface area (Å²) in [5, 5.41) is 6.36. The van der Waals surface area contributed by atoms with Crippen molar-refractivity contribution in [2.45, 2.75) is 31.7 Å². The summed E-state index contributed by atoms with van der Waals surface area (Å²) in [5.41, 5.74) is 3.30. The second-order valence-corrected chi connectivity index (χ2v) is 10.0. The van der Waals surface area contributed by atoms with E-state index >= 15 is 0 Å². The van der Waals surface area contributed by atoms with Gasteiger partial charge in [-0.3, -0.25) is 14.5 Å². The van der Waals surface area contributed by atoms with Crippen LogP contribution in [0.4, 0.5) is 10.5 Å². The van der Waals surface area contributed by atoms with Gasteiger partial charge in [0.05, 0.1) is 12.6 Å². The van der Waals surface area contributed by atoms with Gasteiger partial charge < -0.3 is 15.4 Å². The van der Waals surface area contributed by atoms with Crippen LogP contribution in [0.25, 0.3) is 0 Å². The van der Waals surface area contributed by atoms with Crippen LogP contribution in [0, 0.1) is 0 Å². The van der Waals surface area contributed by atoms with Gasteiger partial charge in [-0.1, -0.05) is 90.5 Å². The Kier molecular flexibility index (Phi) is 8.12. The third-order valence-corrected chi connectivity index (χ3v) is 7.00. The fraction of sp³-hybridized carbons (Fsp3) is 0.156. The molecule has 0 saturated carbocycles. The zero-order valence-corrected chi connectivity index (χ0v) is 22.5. The lowest BCUT2D eigenvalue weighted by atomic mass is 9.99. The Labute approximate surface area is 237 Å². The smallest absolute Gasteiger partial charge is 0.411 e. The molecule has 40 heavy (non-hydrogen) atoms. The number of halogens is 1. The maximum atomic E-state index is 13.8. The maximum Gasteiger partial charge on any atom is 0.411 e. The summed E-state index contributed by atoms with van der Waals surface area (Å²) in [5.74, 6) is -0.670. The van der Waals surface area contributed by atoms with E-state index in [2.05, 4.69) is 10.6 Å². The lowest BCUT2D eigenvalue weighted by Crippen LogP contribution is -2.46. The molecular formula is C32H28ClN3O4. The van der Waals surface area contributed by atoms with Crippen LogP contribution in [-0.4, -0.2) is 28.8 Å². The molecule has 202 valence electrons. The zero-order valence-electron chi connectivity index (χ0n) is 21.8. The third kappa shape index (κ3) is 6.16. The average molecular weight is 554 g/mol. The van der Waals surface area contributed by atoms with E-state index in [1.165, 1.54) is 4.90 Å². The monoisotopic (exact) mass is 553 g/mol. The molecular weight excluding hydrogens is 526 g/mol. The Bertz CT molecular complexity index is 1510. The summed E-state index contributed by atoms with van der Waals surface area (Å²) in [7, 11) is 0. The Morgan fingerprint density at radius 2 is 1.60 bits per heavy atom. The van der Waals surface area contributed by atoms with Gasteiger partial charge in [0.1, 0.15) is 0 Å². The predicted octanol–water partition coefficient (Wildman–Crippen LogP) is 6.53. The van der Waals surface area contributed by atoms with Crippen molar-refractivity contribution in [2.75, 3.05) is 5.32 Å². The molecule has 2 N–H and O–H groups in total. The van der Waals surface area contributed by atoms with Gasteiger partial charge in [-0.15, -0.1) is 0 Å². The molecule has 3 unspecified atom stereocenters. The minimum Gasteiger partial charge on any atom is -0.438 e. The van der Waals surface area contributed by atoms with Gasteiger partial charge in [-0.05, 0) is 53.9 Å². The number of rotatable bonds is 8. The number of hydrogen-bond donors (Lipinski definition) is 2. The largest absolute Gasteiger partial charge is 0.438 e. The Hall–Kier alpha value is -4.62. The molecule has 0 aliphatic carbocycles. The number of carbonyl (C=O) groups excluding carboxylic acids is 3. The molecule has 8 heteroatoms. The molecule has 7 nitrogen and oxygen atoms in total. The van der Waals surface area contributed by atoms with E-state index in [0.29, 0.717) is 21.8 Å². The van der Waals surface area contributed by atoms with Crippen LogP contribution in [-0.2, 0) is 16.1 Å². The highest BCUT2D eigenvalue weighted by atomic mass is 35.5. The topological polar surface area (TPSA) is 87.7 Å². The summed E-state index contributed by atoms with van der Waals surface area (Å²) < 4.78 is 5.81.